The lowest BCUT2D eigenvalue weighted by molar-refractivity contribution is -0.159. The normalized spacial score (nSPS) is 21.8. The van der Waals surface area contributed by atoms with Crippen LogP contribution in [0.25, 0.3) is 0 Å². The van der Waals surface area contributed by atoms with Crippen molar-refractivity contribution in [3.05, 3.63) is 29.8 Å². The topological polar surface area (TPSA) is 96.0 Å². The van der Waals surface area contributed by atoms with E-state index in [1.807, 2.05) is 13.8 Å². The summed E-state index contributed by atoms with van der Waals surface area (Å²) in [6, 6.07) is 6.66. The van der Waals surface area contributed by atoms with Crippen molar-refractivity contribution in [3.8, 4) is 0 Å². The van der Waals surface area contributed by atoms with E-state index < -0.39 is 24.1 Å². The highest BCUT2D eigenvalue weighted by atomic mass is 16.5. The molecule has 0 radical (unpaired) electrons. The van der Waals surface area contributed by atoms with Crippen LogP contribution in [0.5, 0.6) is 0 Å². The van der Waals surface area contributed by atoms with Gasteiger partial charge in [0.05, 0.1) is 11.3 Å². The Morgan fingerprint density at radius 2 is 2.00 bits per heavy atom. The molecule has 1 fully saturated rings. The van der Waals surface area contributed by atoms with E-state index in [2.05, 4.69) is 5.32 Å². The lowest BCUT2D eigenvalue weighted by Gasteiger charge is -2.46. The third kappa shape index (κ3) is 3.12. The van der Waals surface area contributed by atoms with Crippen LogP contribution in [-0.4, -0.2) is 54.0 Å². The maximum Gasteiger partial charge on any atom is 0.354 e. The van der Waals surface area contributed by atoms with E-state index in [9.17, 15) is 19.2 Å². The van der Waals surface area contributed by atoms with Gasteiger partial charge in [-0.1, -0.05) is 25.5 Å². The zero-order chi connectivity index (χ0) is 20.5. The Morgan fingerprint density at radius 1 is 1.29 bits per heavy atom. The predicted molar refractivity (Wildman–Crippen MR) is 101 cm³/mol. The van der Waals surface area contributed by atoms with Crippen LogP contribution in [0.1, 0.15) is 49.9 Å². The Hall–Kier alpha value is -2.90. The number of ether oxygens (including phenoxy) is 1. The summed E-state index contributed by atoms with van der Waals surface area (Å²) in [6.45, 7) is 3.44. The molecule has 2 atom stereocenters. The first-order valence-corrected chi connectivity index (χ1v) is 9.49. The summed E-state index contributed by atoms with van der Waals surface area (Å²) in [5, 5.41) is 2.76. The number of anilines is 1. The van der Waals surface area contributed by atoms with Crippen LogP contribution in [0.2, 0.25) is 0 Å². The zero-order valence-electron chi connectivity index (χ0n) is 16.4. The first-order chi connectivity index (χ1) is 13.3. The van der Waals surface area contributed by atoms with E-state index in [-0.39, 0.29) is 30.7 Å². The molecule has 0 aliphatic carbocycles. The van der Waals surface area contributed by atoms with Crippen LogP contribution in [-0.2, 0) is 19.1 Å². The molecule has 0 unspecified atom stereocenters. The number of rotatable bonds is 6. The number of amides is 3. The van der Waals surface area contributed by atoms with Gasteiger partial charge in [-0.05, 0) is 25.5 Å². The second-order valence-corrected chi connectivity index (χ2v) is 7.26. The molecule has 8 nitrogen and oxygen atoms in total. The Labute approximate surface area is 163 Å². The van der Waals surface area contributed by atoms with Crippen LogP contribution in [0.3, 0.4) is 0 Å². The minimum Gasteiger partial charge on any atom is -0.452 e. The van der Waals surface area contributed by atoms with Crippen LogP contribution in [0.15, 0.2) is 24.3 Å². The fourth-order valence-electron chi connectivity index (χ4n) is 3.96. The van der Waals surface area contributed by atoms with Gasteiger partial charge < -0.3 is 15.0 Å². The third-order valence-electron chi connectivity index (χ3n) is 5.33. The minimum absolute atomic E-state index is 0.0234. The van der Waals surface area contributed by atoms with Gasteiger partial charge in [-0.25, -0.2) is 4.79 Å². The Balaban J connectivity index is 1.83. The summed E-state index contributed by atoms with van der Waals surface area (Å²) in [4.78, 5) is 53.1. The first kappa shape index (κ1) is 19.9. The highest BCUT2D eigenvalue weighted by Crippen LogP contribution is 2.44. The van der Waals surface area contributed by atoms with Crippen LogP contribution in [0, 0.1) is 0 Å². The smallest absolute Gasteiger partial charge is 0.354 e. The summed E-state index contributed by atoms with van der Waals surface area (Å²) >= 11 is 0. The number of fused-ring (bicyclic) bond motifs is 3. The van der Waals surface area contributed by atoms with Crippen LogP contribution in [0.4, 0.5) is 5.69 Å². The molecule has 2 aliphatic heterocycles. The van der Waals surface area contributed by atoms with Gasteiger partial charge in [-0.2, -0.15) is 0 Å². The molecule has 1 aromatic rings. The van der Waals surface area contributed by atoms with Crippen molar-refractivity contribution >= 4 is 29.4 Å². The van der Waals surface area contributed by atoms with Crippen molar-refractivity contribution in [2.45, 2.75) is 51.2 Å². The molecular weight excluding hydrogens is 362 g/mol. The number of nitrogens with zero attached hydrogens (tertiary/aromatic N) is 2. The fraction of sp³-hybridized carbons (Fsp3) is 0.500. The molecule has 8 heteroatoms. The van der Waals surface area contributed by atoms with Crippen molar-refractivity contribution in [2.75, 3.05) is 18.6 Å². The largest absolute Gasteiger partial charge is 0.452 e. The van der Waals surface area contributed by atoms with E-state index >= 15 is 0 Å². The average Bonchev–Trinajstić information content (AvgIpc) is 3.03. The molecule has 2 heterocycles. The Kier molecular flexibility index (Phi) is 5.40. The maximum absolute atomic E-state index is 13.0. The van der Waals surface area contributed by atoms with Gasteiger partial charge in [0.2, 0.25) is 11.6 Å². The van der Waals surface area contributed by atoms with E-state index in [1.165, 1.54) is 16.8 Å². The number of hydrogen-bond acceptors (Lipinski definition) is 5. The standard InChI is InChI=1S/C20H25N3O5/c1-4-7-13(2)21-16(24)12-28-19(27)20-11-10-17(25)23(20)15-9-6-5-8-14(15)18(26)22(20)3/h5-6,8-9,13H,4,7,10-12H2,1-3H3,(H,21,24)/t13-,20+/m1/s1. The average molecular weight is 387 g/mol. The van der Waals surface area contributed by atoms with E-state index in [1.54, 1.807) is 24.3 Å². The highest BCUT2D eigenvalue weighted by molar-refractivity contribution is 6.15. The van der Waals surface area contributed by atoms with Crippen LogP contribution >= 0.6 is 0 Å². The Morgan fingerprint density at radius 3 is 2.71 bits per heavy atom. The molecule has 0 spiro atoms. The fourth-order valence-corrected chi connectivity index (χ4v) is 3.96. The summed E-state index contributed by atoms with van der Waals surface area (Å²) in [6.07, 6.45) is 1.98. The van der Waals surface area contributed by atoms with Gasteiger partial charge in [-0.15, -0.1) is 0 Å². The van der Waals surface area contributed by atoms with E-state index in [0.29, 0.717) is 11.3 Å². The summed E-state index contributed by atoms with van der Waals surface area (Å²) in [5.41, 5.74) is -0.807. The van der Waals surface area contributed by atoms with E-state index in [0.717, 1.165) is 12.8 Å². The Bertz CT molecular complexity index is 824. The lowest BCUT2D eigenvalue weighted by Crippen LogP contribution is -2.67. The van der Waals surface area contributed by atoms with Crippen molar-refractivity contribution in [3.63, 3.8) is 0 Å². The zero-order valence-corrected chi connectivity index (χ0v) is 16.4. The van der Waals surface area contributed by atoms with Gasteiger partial charge in [0.1, 0.15) is 0 Å². The van der Waals surface area contributed by atoms with Crippen molar-refractivity contribution in [1.29, 1.82) is 0 Å². The molecule has 0 saturated carbocycles. The number of benzene rings is 1. The number of hydrogen-bond donors (Lipinski definition) is 1. The third-order valence-corrected chi connectivity index (χ3v) is 5.33. The van der Waals surface area contributed by atoms with E-state index in [4.69, 9.17) is 4.74 Å². The second-order valence-electron chi connectivity index (χ2n) is 7.26. The quantitative estimate of drug-likeness (QED) is 0.745. The molecule has 2 aliphatic rings. The van der Waals surface area contributed by atoms with Crippen molar-refractivity contribution in [2.24, 2.45) is 0 Å². The number of carbonyl (C=O) groups is 4. The molecular formula is C20H25N3O5. The summed E-state index contributed by atoms with van der Waals surface area (Å²) in [5.74, 6) is -1.81. The van der Waals surface area contributed by atoms with Crippen molar-refractivity contribution in [1.82, 2.24) is 10.2 Å². The van der Waals surface area contributed by atoms with Gasteiger partial charge in [-0.3, -0.25) is 19.3 Å². The molecule has 28 heavy (non-hydrogen) atoms. The van der Waals surface area contributed by atoms with Gasteiger partial charge in [0.15, 0.2) is 6.61 Å². The van der Waals surface area contributed by atoms with Gasteiger partial charge >= 0.3 is 5.97 Å². The monoisotopic (exact) mass is 387 g/mol. The SMILES string of the molecule is CCC[C@@H](C)NC(=O)COC(=O)[C@]12CCC(=O)N1c1ccccc1C(=O)N2C. The first-order valence-electron chi connectivity index (χ1n) is 9.49. The number of esters is 1. The minimum atomic E-state index is -1.56. The lowest BCUT2D eigenvalue weighted by atomic mass is 9.97. The molecule has 0 bridgehead atoms. The number of likely N-dealkylation sites (N-methyl/N-ethyl adjacent to an activating group) is 1. The molecule has 150 valence electrons. The van der Waals surface area contributed by atoms with Gasteiger partial charge in [0, 0.05) is 25.9 Å². The number of carbonyl (C=O) groups excluding carboxylic acids is 4. The number of para-hydroxylation sites is 1. The second kappa shape index (κ2) is 7.61. The molecule has 1 N–H and O–H groups in total. The molecule has 1 saturated heterocycles. The molecule has 3 amide bonds. The molecule has 0 aromatic heterocycles. The predicted octanol–water partition coefficient (Wildman–Crippen LogP) is 1.44. The van der Waals surface area contributed by atoms with Crippen LogP contribution < -0.4 is 10.2 Å². The maximum atomic E-state index is 13.0. The summed E-state index contributed by atoms with van der Waals surface area (Å²) < 4.78 is 5.27. The highest BCUT2D eigenvalue weighted by Gasteiger charge is 2.60. The summed E-state index contributed by atoms with van der Waals surface area (Å²) in [7, 11) is 1.48. The number of nitrogens with one attached hydrogen (secondary N) is 1. The van der Waals surface area contributed by atoms with Crippen molar-refractivity contribution < 1.29 is 23.9 Å². The van der Waals surface area contributed by atoms with Gasteiger partial charge in [0.25, 0.3) is 11.8 Å². The molecule has 3 rings (SSSR count). The molecule has 1 aromatic carbocycles.